The van der Waals surface area contributed by atoms with E-state index in [9.17, 15) is 0 Å². The van der Waals surface area contributed by atoms with Crippen molar-refractivity contribution in [3.8, 4) is 0 Å². The summed E-state index contributed by atoms with van der Waals surface area (Å²) in [6.07, 6.45) is 1.53. The smallest absolute Gasteiger partial charge is 0.137 e. The van der Waals surface area contributed by atoms with E-state index >= 15 is 0 Å². The van der Waals surface area contributed by atoms with Gasteiger partial charge in [-0.05, 0) is 41.5 Å². The average Bonchev–Trinajstić information content (AvgIpc) is 2.66. The first-order valence-corrected chi connectivity index (χ1v) is 8.63. The predicted molar refractivity (Wildman–Crippen MR) is 114 cm³/mol. The molecule has 2 N–H and O–H groups in total. The van der Waals surface area contributed by atoms with Crippen molar-refractivity contribution in [3.63, 3.8) is 0 Å². The molecular weight excluding hydrogens is 330 g/mol. The normalized spacial score (nSPS) is 11.0. The van der Waals surface area contributed by atoms with Crippen molar-refractivity contribution in [2.75, 3.05) is 11.9 Å². The molecule has 0 amide bonds. The lowest BCUT2D eigenvalue weighted by molar-refractivity contribution is 1.18. The second kappa shape index (κ2) is 6.88. The lowest BCUT2D eigenvalue weighted by atomic mass is 9.79. The first-order chi connectivity index (χ1) is 13.0. The molecule has 0 aliphatic heterocycles. The van der Waals surface area contributed by atoms with Gasteiger partial charge in [-0.15, -0.1) is 10.9 Å². The van der Waals surface area contributed by atoms with Crippen molar-refractivity contribution in [2.45, 2.75) is 6.92 Å². The summed E-state index contributed by atoms with van der Waals surface area (Å²) in [5, 5.41) is 14.6. The zero-order valence-electron chi connectivity index (χ0n) is 15.0. The SMILES string of the molecule is [B]c1cc2ccc(C(=N)CNc3ncnc4ccc(C)cc34)cc2cc1[B]. The van der Waals surface area contributed by atoms with Crippen LogP contribution in [0.25, 0.3) is 21.7 Å². The second-order valence-corrected chi connectivity index (χ2v) is 6.62. The number of aromatic nitrogens is 2. The Hall–Kier alpha value is -3.14. The van der Waals surface area contributed by atoms with Crippen molar-refractivity contribution in [2.24, 2.45) is 0 Å². The van der Waals surface area contributed by atoms with Crippen LogP contribution in [0.1, 0.15) is 11.1 Å². The molecule has 0 spiro atoms. The third-order valence-electron chi connectivity index (χ3n) is 4.61. The molecule has 0 saturated carbocycles. The largest absolute Gasteiger partial charge is 0.364 e. The molecule has 0 bridgehead atoms. The Morgan fingerprint density at radius 1 is 0.963 bits per heavy atom. The van der Waals surface area contributed by atoms with Gasteiger partial charge in [0.1, 0.15) is 27.8 Å². The van der Waals surface area contributed by atoms with Crippen LogP contribution in [0.3, 0.4) is 0 Å². The van der Waals surface area contributed by atoms with Gasteiger partial charge in [0.15, 0.2) is 0 Å². The van der Waals surface area contributed by atoms with Crippen LogP contribution in [0.5, 0.6) is 0 Å². The highest BCUT2D eigenvalue weighted by molar-refractivity contribution is 6.49. The van der Waals surface area contributed by atoms with Crippen LogP contribution in [0, 0.1) is 12.3 Å². The van der Waals surface area contributed by atoms with Gasteiger partial charge >= 0.3 is 0 Å². The van der Waals surface area contributed by atoms with E-state index in [1.54, 1.807) is 0 Å². The summed E-state index contributed by atoms with van der Waals surface area (Å²) >= 11 is 0. The number of hydrogen-bond donors (Lipinski definition) is 2. The Kier molecular flexibility index (Phi) is 4.40. The van der Waals surface area contributed by atoms with E-state index in [4.69, 9.17) is 21.1 Å². The summed E-state index contributed by atoms with van der Waals surface area (Å²) < 4.78 is 0. The summed E-state index contributed by atoms with van der Waals surface area (Å²) in [7, 11) is 11.8. The van der Waals surface area contributed by atoms with E-state index in [2.05, 4.69) is 15.3 Å². The maximum absolute atomic E-state index is 8.44. The van der Waals surface area contributed by atoms with Gasteiger partial charge in [0.05, 0.1) is 17.8 Å². The predicted octanol–water partition coefficient (Wildman–Crippen LogP) is 2.16. The zero-order chi connectivity index (χ0) is 19.0. The highest BCUT2D eigenvalue weighted by Gasteiger charge is 2.07. The average molecular weight is 346 g/mol. The summed E-state index contributed by atoms with van der Waals surface area (Å²) in [5.74, 6) is 0.728. The number of aryl methyl sites for hydroxylation is 1. The fourth-order valence-electron chi connectivity index (χ4n) is 3.11. The Bertz CT molecular complexity index is 1190. The summed E-state index contributed by atoms with van der Waals surface area (Å²) in [5.41, 5.74) is 4.43. The van der Waals surface area contributed by atoms with Crippen molar-refractivity contribution in [3.05, 3.63) is 66.0 Å². The summed E-state index contributed by atoms with van der Waals surface area (Å²) in [6, 6.07) is 15.6. The zero-order valence-corrected chi connectivity index (χ0v) is 15.0. The van der Waals surface area contributed by atoms with E-state index < -0.39 is 0 Å². The second-order valence-electron chi connectivity index (χ2n) is 6.62. The minimum atomic E-state index is 0.357. The van der Waals surface area contributed by atoms with Crippen molar-refractivity contribution in [1.29, 1.82) is 5.41 Å². The number of benzene rings is 3. The van der Waals surface area contributed by atoms with Crippen LogP contribution in [0.4, 0.5) is 5.82 Å². The van der Waals surface area contributed by atoms with Crippen LogP contribution in [0.2, 0.25) is 0 Å². The fourth-order valence-corrected chi connectivity index (χ4v) is 3.11. The van der Waals surface area contributed by atoms with Gasteiger partial charge < -0.3 is 10.7 Å². The number of rotatable bonds is 4. The van der Waals surface area contributed by atoms with Crippen molar-refractivity contribution < 1.29 is 0 Å². The van der Waals surface area contributed by atoms with Gasteiger partial charge in [-0.1, -0.05) is 35.9 Å². The number of fused-ring (bicyclic) bond motifs is 2. The maximum atomic E-state index is 8.44. The van der Waals surface area contributed by atoms with Gasteiger partial charge in [0.25, 0.3) is 0 Å². The van der Waals surface area contributed by atoms with Crippen molar-refractivity contribution >= 4 is 59.8 Å². The Labute approximate surface area is 160 Å². The Morgan fingerprint density at radius 3 is 2.56 bits per heavy atom. The van der Waals surface area contributed by atoms with E-state index in [-0.39, 0.29) is 0 Å². The minimum absolute atomic E-state index is 0.357. The minimum Gasteiger partial charge on any atom is -0.364 e. The lowest BCUT2D eigenvalue weighted by Gasteiger charge is -2.11. The highest BCUT2D eigenvalue weighted by Crippen LogP contribution is 2.20. The molecule has 4 aromatic rings. The molecular formula is C21H16B2N4. The summed E-state index contributed by atoms with van der Waals surface area (Å²) in [4.78, 5) is 8.63. The molecule has 27 heavy (non-hydrogen) atoms. The van der Waals surface area contributed by atoms with Crippen LogP contribution in [-0.4, -0.2) is 37.9 Å². The molecule has 0 aliphatic carbocycles. The van der Waals surface area contributed by atoms with Crippen LogP contribution in [0.15, 0.2) is 54.9 Å². The molecule has 4 nitrogen and oxygen atoms in total. The number of nitrogens with one attached hydrogen (secondary N) is 2. The standard InChI is InChI=1S/C21H16B2N4/c1-12-2-5-20-16(6-12)21(27-11-26-20)25-10-19(24)14-4-3-13-8-17(22)18(23)9-15(13)7-14/h2-9,11,24H,10H2,1H3,(H,25,26,27). The lowest BCUT2D eigenvalue weighted by Crippen LogP contribution is -2.25. The Morgan fingerprint density at radius 2 is 1.74 bits per heavy atom. The van der Waals surface area contributed by atoms with Gasteiger partial charge in [-0.25, -0.2) is 9.97 Å². The third kappa shape index (κ3) is 3.43. The molecule has 3 aromatic carbocycles. The number of hydrogen-bond acceptors (Lipinski definition) is 4. The van der Waals surface area contributed by atoms with Gasteiger partial charge in [0, 0.05) is 5.39 Å². The van der Waals surface area contributed by atoms with Gasteiger partial charge in [0.2, 0.25) is 0 Å². The molecule has 0 fully saturated rings. The molecule has 4 rings (SSSR count). The third-order valence-corrected chi connectivity index (χ3v) is 4.61. The fraction of sp³-hybridized carbons (Fsp3) is 0.0952. The topological polar surface area (TPSA) is 61.7 Å². The maximum Gasteiger partial charge on any atom is 0.137 e. The molecule has 6 heteroatoms. The highest BCUT2D eigenvalue weighted by atomic mass is 15.0. The number of nitrogens with zero attached hydrogens (tertiary/aromatic N) is 2. The van der Waals surface area contributed by atoms with E-state index in [0.717, 1.165) is 38.6 Å². The molecule has 1 aromatic heterocycles. The monoisotopic (exact) mass is 346 g/mol. The number of anilines is 1. The van der Waals surface area contributed by atoms with Gasteiger partial charge in [-0.3, -0.25) is 0 Å². The molecule has 0 aliphatic rings. The molecule has 126 valence electrons. The van der Waals surface area contributed by atoms with Crippen LogP contribution < -0.4 is 16.2 Å². The molecule has 1 heterocycles. The van der Waals surface area contributed by atoms with Crippen LogP contribution in [-0.2, 0) is 0 Å². The van der Waals surface area contributed by atoms with E-state index in [0.29, 0.717) is 23.2 Å². The van der Waals surface area contributed by atoms with E-state index in [1.807, 2.05) is 55.5 Å². The molecule has 4 radical (unpaired) electrons. The molecule has 0 atom stereocenters. The van der Waals surface area contributed by atoms with Crippen molar-refractivity contribution in [1.82, 2.24) is 9.97 Å². The van der Waals surface area contributed by atoms with E-state index in [1.165, 1.54) is 6.33 Å². The quantitative estimate of drug-likeness (QED) is 0.440. The van der Waals surface area contributed by atoms with Crippen LogP contribution >= 0.6 is 0 Å². The summed E-state index contributed by atoms with van der Waals surface area (Å²) in [6.45, 7) is 2.39. The Balaban J connectivity index is 1.59. The molecule has 0 saturated heterocycles. The molecule has 0 unspecified atom stereocenters. The first-order valence-electron chi connectivity index (χ1n) is 8.63. The first kappa shape index (κ1) is 17.3. The van der Waals surface area contributed by atoms with Gasteiger partial charge in [-0.2, -0.15) is 0 Å².